The van der Waals surface area contributed by atoms with Crippen LogP contribution in [0.1, 0.15) is 24.9 Å². The predicted molar refractivity (Wildman–Crippen MR) is 83.9 cm³/mol. The molecule has 106 valence electrons. The molecule has 0 fully saturated rings. The molecule has 2 aromatic rings. The Bertz CT molecular complexity index is 621. The van der Waals surface area contributed by atoms with Gasteiger partial charge in [0.2, 0.25) is 0 Å². The van der Waals surface area contributed by atoms with Crippen molar-refractivity contribution in [1.29, 1.82) is 0 Å². The summed E-state index contributed by atoms with van der Waals surface area (Å²) in [5, 5.41) is 13.1. The van der Waals surface area contributed by atoms with Gasteiger partial charge in [0.1, 0.15) is 5.75 Å². The third-order valence-electron chi connectivity index (χ3n) is 3.05. The van der Waals surface area contributed by atoms with Gasteiger partial charge < -0.3 is 10.4 Å². The summed E-state index contributed by atoms with van der Waals surface area (Å²) in [7, 11) is 0. The molecule has 5 heteroatoms. The molecule has 0 aliphatic carbocycles. The van der Waals surface area contributed by atoms with E-state index in [-0.39, 0.29) is 16.8 Å². The van der Waals surface area contributed by atoms with Crippen LogP contribution in [0.2, 0.25) is 5.02 Å². The van der Waals surface area contributed by atoms with Crippen molar-refractivity contribution in [3.8, 4) is 5.75 Å². The summed E-state index contributed by atoms with van der Waals surface area (Å²) < 4.78 is 14.8. The monoisotopic (exact) mass is 357 g/mol. The zero-order valence-corrected chi connectivity index (χ0v) is 13.2. The molecule has 0 radical (unpaired) electrons. The van der Waals surface area contributed by atoms with Crippen molar-refractivity contribution in [3.63, 3.8) is 0 Å². The third-order valence-corrected chi connectivity index (χ3v) is 3.84. The maximum atomic E-state index is 13.9. The Hall–Kier alpha value is -1.26. The second-order valence-corrected chi connectivity index (χ2v) is 5.73. The van der Waals surface area contributed by atoms with E-state index in [1.807, 2.05) is 13.0 Å². The number of anilines is 1. The normalized spacial score (nSPS) is 12.2. The Labute approximate surface area is 130 Å². The minimum absolute atomic E-state index is 0.0725. The highest BCUT2D eigenvalue weighted by Crippen LogP contribution is 2.33. The van der Waals surface area contributed by atoms with E-state index in [1.165, 1.54) is 6.07 Å². The molecule has 0 saturated carbocycles. The molecule has 2 nitrogen and oxygen atoms in total. The molecule has 0 heterocycles. The van der Waals surface area contributed by atoms with Gasteiger partial charge in [-0.05, 0) is 36.8 Å². The van der Waals surface area contributed by atoms with Crippen molar-refractivity contribution in [2.24, 2.45) is 0 Å². The Balaban J connectivity index is 2.34. The number of hydrogen-bond donors (Lipinski definition) is 2. The van der Waals surface area contributed by atoms with E-state index in [2.05, 4.69) is 21.2 Å². The van der Waals surface area contributed by atoms with E-state index >= 15 is 0 Å². The largest absolute Gasteiger partial charge is 0.508 e. The Morgan fingerprint density at radius 3 is 2.80 bits per heavy atom. The number of phenols is 1. The Morgan fingerprint density at radius 1 is 1.35 bits per heavy atom. The van der Waals surface area contributed by atoms with Crippen molar-refractivity contribution in [2.75, 3.05) is 5.32 Å². The molecular formula is C15H14BrClFNO. The van der Waals surface area contributed by atoms with Gasteiger partial charge in [0, 0.05) is 10.0 Å². The molecule has 2 N–H and O–H groups in total. The van der Waals surface area contributed by atoms with Crippen LogP contribution in [0.3, 0.4) is 0 Å². The second-order valence-electron chi connectivity index (χ2n) is 4.41. The van der Waals surface area contributed by atoms with E-state index < -0.39 is 5.82 Å². The van der Waals surface area contributed by atoms with Gasteiger partial charge in [0.25, 0.3) is 0 Å². The molecule has 0 bridgehead atoms. The first-order chi connectivity index (χ1) is 9.52. The highest BCUT2D eigenvalue weighted by atomic mass is 79.9. The van der Waals surface area contributed by atoms with E-state index in [4.69, 9.17) is 11.6 Å². The number of aromatic hydroxyl groups is 1. The summed E-state index contributed by atoms with van der Waals surface area (Å²) in [4.78, 5) is 0. The summed E-state index contributed by atoms with van der Waals surface area (Å²) in [5.74, 6) is -0.308. The average molecular weight is 359 g/mol. The second kappa shape index (κ2) is 6.46. The summed E-state index contributed by atoms with van der Waals surface area (Å²) in [6, 6.07) is 9.78. The van der Waals surface area contributed by atoms with Crippen LogP contribution in [0, 0.1) is 5.82 Å². The molecule has 20 heavy (non-hydrogen) atoms. The lowest BCUT2D eigenvalue weighted by atomic mass is 10.0. The van der Waals surface area contributed by atoms with Gasteiger partial charge in [0.15, 0.2) is 5.82 Å². The lowest BCUT2D eigenvalue weighted by Crippen LogP contribution is -2.11. The van der Waals surface area contributed by atoms with E-state index in [0.29, 0.717) is 17.7 Å². The molecule has 0 amide bonds. The van der Waals surface area contributed by atoms with Crippen molar-refractivity contribution >= 4 is 33.2 Å². The molecule has 2 aromatic carbocycles. The predicted octanol–water partition coefficient (Wildman–Crippen LogP) is 5.51. The van der Waals surface area contributed by atoms with Crippen molar-refractivity contribution in [2.45, 2.75) is 19.4 Å². The van der Waals surface area contributed by atoms with Crippen molar-refractivity contribution in [3.05, 3.63) is 57.3 Å². The summed E-state index contributed by atoms with van der Waals surface area (Å²) >= 11 is 9.14. The number of phenolic OH excluding ortho intramolecular Hbond substituents is 1. The summed E-state index contributed by atoms with van der Waals surface area (Å²) in [5.41, 5.74) is 1.03. The third kappa shape index (κ3) is 3.25. The van der Waals surface area contributed by atoms with Crippen LogP contribution in [0.4, 0.5) is 10.1 Å². The van der Waals surface area contributed by atoms with Crippen LogP contribution in [-0.4, -0.2) is 5.11 Å². The lowest BCUT2D eigenvalue weighted by Gasteiger charge is -2.20. The van der Waals surface area contributed by atoms with Crippen LogP contribution < -0.4 is 5.32 Å². The fraction of sp³-hybridized carbons (Fsp3) is 0.200. The van der Waals surface area contributed by atoms with Crippen molar-refractivity contribution < 1.29 is 9.50 Å². The van der Waals surface area contributed by atoms with E-state index in [9.17, 15) is 9.50 Å². The fourth-order valence-corrected chi connectivity index (χ4v) is 2.56. The fourth-order valence-electron chi connectivity index (χ4n) is 2.01. The number of benzene rings is 2. The minimum Gasteiger partial charge on any atom is -0.508 e. The van der Waals surface area contributed by atoms with Crippen LogP contribution in [0.15, 0.2) is 40.9 Å². The molecule has 0 spiro atoms. The van der Waals surface area contributed by atoms with Crippen LogP contribution in [0.5, 0.6) is 5.75 Å². The standard InChI is InChI=1S/C15H14BrClFNO/c1-2-12(10-8-9(16)6-7-14(10)20)19-13-5-3-4-11(17)15(13)18/h3-8,12,19-20H,2H2,1H3. The van der Waals surface area contributed by atoms with Gasteiger partial charge in [-0.3, -0.25) is 0 Å². The number of rotatable bonds is 4. The average Bonchev–Trinajstić information content (AvgIpc) is 2.43. The first-order valence-corrected chi connectivity index (χ1v) is 7.39. The topological polar surface area (TPSA) is 32.3 Å². The maximum absolute atomic E-state index is 13.9. The molecule has 0 aliphatic rings. The van der Waals surface area contributed by atoms with E-state index in [0.717, 1.165) is 4.47 Å². The van der Waals surface area contributed by atoms with Gasteiger partial charge in [-0.2, -0.15) is 0 Å². The summed E-state index contributed by atoms with van der Waals surface area (Å²) in [6.45, 7) is 1.96. The van der Waals surface area contributed by atoms with Gasteiger partial charge >= 0.3 is 0 Å². The maximum Gasteiger partial charge on any atom is 0.164 e. The molecule has 2 rings (SSSR count). The van der Waals surface area contributed by atoms with Gasteiger partial charge in [-0.1, -0.05) is 40.5 Å². The van der Waals surface area contributed by atoms with Crippen molar-refractivity contribution in [1.82, 2.24) is 0 Å². The highest BCUT2D eigenvalue weighted by molar-refractivity contribution is 9.10. The molecular weight excluding hydrogens is 345 g/mol. The first-order valence-electron chi connectivity index (χ1n) is 6.22. The van der Waals surface area contributed by atoms with Gasteiger partial charge in [-0.25, -0.2) is 4.39 Å². The Kier molecular flexibility index (Phi) is 4.89. The number of nitrogens with one attached hydrogen (secondary N) is 1. The molecule has 1 unspecified atom stereocenters. The van der Waals surface area contributed by atoms with Crippen LogP contribution in [-0.2, 0) is 0 Å². The minimum atomic E-state index is -0.484. The Morgan fingerprint density at radius 2 is 2.10 bits per heavy atom. The van der Waals surface area contributed by atoms with Crippen LogP contribution in [0.25, 0.3) is 0 Å². The molecule has 0 aromatic heterocycles. The van der Waals surface area contributed by atoms with Crippen LogP contribution >= 0.6 is 27.5 Å². The first kappa shape index (κ1) is 15.1. The summed E-state index contributed by atoms with van der Waals surface area (Å²) in [6.07, 6.45) is 0.690. The van der Waals surface area contributed by atoms with Gasteiger partial charge in [-0.15, -0.1) is 0 Å². The van der Waals surface area contributed by atoms with E-state index in [1.54, 1.807) is 24.3 Å². The lowest BCUT2D eigenvalue weighted by molar-refractivity contribution is 0.462. The molecule has 0 aliphatic heterocycles. The SMILES string of the molecule is CCC(Nc1cccc(Cl)c1F)c1cc(Br)ccc1O. The quantitative estimate of drug-likeness (QED) is 0.755. The smallest absolute Gasteiger partial charge is 0.164 e. The molecule has 0 saturated heterocycles. The number of halogens is 3. The zero-order chi connectivity index (χ0) is 14.7. The highest BCUT2D eigenvalue weighted by Gasteiger charge is 2.16. The molecule has 1 atom stereocenters. The zero-order valence-electron chi connectivity index (χ0n) is 10.8. The number of hydrogen-bond acceptors (Lipinski definition) is 2. The van der Waals surface area contributed by atoms with Gasteiger partial charge in [0.05, 0.1) is 16.8 Å².